The van der Waals surface area contributed by atoms with Crippen LogP contribution in [0.25, 0.3) is 0 Å². The number of aliphatic carboxylic acids is 1. The molecule has 0 aliphatic rings. The summed E-state index contributed by atoms with van der Waals surface area (Å²) in [7, 11) is 0. The number of unbranched alkanes of at least 4 members (excludes halogenated alkanes) is 24. The number of nitrogens with zero attached hydrogens (tertiary/aromatic N) is 1. The second kappa shape index (κ2) is 35.2. The Morgan fingerprint density at radius 3 is 1.05 bits per heavy atom. The van der Waals surface area contributed by atoms with Crippen molar-refractivity contribution >= 4 is 5.97 Å². The van der Waals surface area contributed by atoms with E-state index in [0.717, 1.165) is 12.8 Å². The molecule has 0 fully saturated rings. The smallest absolute Gasteiger partial charge is 0.550 e. The van der Waals surface area contributed by atoms with Crippen molar-refractivity contribution in [1.82, 2.24) is 4.90 Å². The Morgan fingerprint density at radius 1 is 0.500 bits per heavy atom. The van der Waals surface area contributed by atoms with Gasteiger partial charge < -0.3 is 14.8 Å². The quantitative estimate of drug-likeness (QED) is 0.0611. The molecule has 1 unspecified atom stereocenters. The minimum Gasteiger partial charge on any atom is -0.550 e. The van der Waals surface area contributed by atoms with Crippen LogP contribution in [0, 0.1) is 0 Å². The van der Waals surface area contributed by atoms with Gasteiger partial charge in [0, 0.05) is 12.0 Å². The predicted molar refractivity (Wildman–Crippen MR) is 171 cm³/mol. The molecule has 234 valence electrons. The van der Waals surface area contributed by atoms with Crippen LogP contribution in [-0.2, 0) is 4.79 Å². The zero-order chi connectivity index (χ0) is 28.7. The summed E-state index contributed by atoms with van der Waals surface area (Å²) in [6.45, 7) is 9.25. The fourth-order valence-electron chi connectivity index (χ4n) is 5.94. The first kappa shape index (κ1) is 42.2. The van der Waals surface area contributed by atoms with E-state index in [9.17, 15) is 9.90 Å². The van der Waals surface area contributed by atoms with Gasteiger partial charge in [0.2, 0.25) is 0 Å². The summed E-state index contributed by atoms with van der Waals surface area (Å²) in [5, 5.41) is 10.8. The van der Waals surface area contributed by atoms with Gasteiger partial charge in [-0.2, -0.15) is 0 Å². The van der Waals surface area contributed by atoms with E-state index in [4.69, 9.17) is 0 Å². The molecule has 0 rings (SSSR count). The first-order valence-electron chi connectivity index (χ1n) is 18.1. The van der Waals surface area contributed by atoms with Crippen molar-refractivity contribution in [1.29, 1.82) is 0 Å². The maximum absolute atomic E-state index is 10.8. The van der Waals surface area contributed by atoms with Crippen molar-refractivity contribution in [2.75, 3.05) is 13.1 Å². The van der Waals surface area contributed by atoms with Gasteiger partial charge in [0.05, 0.1) is 0 Å². The zero-order valence-electron chi connectivity index (χ0n) is 28.3. The van der Waals surface area contributed by atoms with Gasteiger partial charge in [-0.25, -0.2) is 0 Å². The molecule has 0 radical (unpaired) electrons. The summed E-state index contributed by atoms with van der Waals surface area (Å²) in [6.07, 6.45) is 38.3. The van der Waals surface area contributed by atoms with E-state index in [-0.39, 0.29) is 25.3 Å². The first-order chi connectivity index (χ1) is 19.1. The third-order valence-electron chi connectivity index (χ3n) is 8.72. The van der Waals surface area contributed by atoms with E-state index < -0.39 is 5.97 Å². The Kier molecular flexibility index (Phi) is 37.1. The standard InChI is InChI=1S/C36H73NO2.Li/c1-4-6-8-10-12-14-16-18-20-22-24-26-28-33-37(35(3)31-30-32-36(38)39)34-29-27-25-23-21-19-17-15-13-11-9-7-5-2;/h35H,4-34H2,1-3H3,(H,38,39);/q;+1/p-1. The monoisotopic (exact) mass is 558 g/mol. The average molecular weight is 558 g/mol. The van der Waals surface area contributed by atoms with Crippen molar-refractivity contribution in [3.05, 3.63) is 0 Å². The molecule has 0 saturated heterocycles. The fourth-order valence-corrected chi connectivity index (χ4v) is 5.94. The molecule has 3 nitrogen and oxygen atoms in total. The van der Waals surface area contributed by atoms with Gasteiger partial charge in [0.1, 0.15) is 0 Å². The molecular weight excluding hydrogens is 485 g/mol. The minimum absolute atomic E-state index is 0. The van der Waals surface area contributed by atoms with Crippen molar-refractivity contribution < 1.29 is 28.8 Å². The SMILES string of the molecule is CCCCCCCCCCCCCCCN(CCCCCCCCCCCCCCC)C(C)CCCC(=O)[O-].[Li+]. The number of carboxylic acids is 1. The van der Waals surface area contributed by atoms with Crippen molar-refractivity contribution in [3.63, 3.8) is 0 Å². The predicted octanol–water partition coefficient (Wildman–Crippen LogP) is 7.78. The number of carbonyl (C=O) groups excluding carboxylic acids is 1. The molecule has 0 heterocycles. The van der Waals surface area contributed by atoms with Crippen molar-refractivity contribution in [2.24, 2.45) is 0 Å². The van der Waals surface area contributed by atoms with Crippen LogP contribution in [-0.4, -0.2) is 30.0 Å². The van der Waals surface area contributed by atoms with E-state index in [1.54, 1.807) is 0 Å². The second-order valence-electron chi connectivity index (χ2n) is 12.6. The van der Waals surface area contributed by atoms with E-state index in [1.807, 2.05) is 0 Å². The summed E-state index contributed by atoms with van der Waals surface area (Å²) < 4.78 is 0. The molecule has 0 amide bonds. The van der Waals surface area contributed by atoms with Crippen LogP contribution < -0.4 is 24.0 Å². The number of hydrogen-bond donors (Lipinski definition) is 0. The zero-order valence-corrected chi connectivity index (χ0v) is 28.3. The maximum Gasteiger partial charge on any atom is 1.00 e. The molecule has 4 heteroatoms. The van der Waals surface area contributed by atoms with Crippen LogP contribution >= 0.6 is 0 Å². The Morgan fingerprint density at radius 2 is 0.775 bits per heavy atom. The van der Waals surface area contributed by atoms with Crippen LogP contribution in [0.2, 0.25) is 0 Å². The molecule has 0 saturated carbocycles. The number of carboxylic acid groups (broad SMARTS) is 1. The van der Waals surface area contributed by atoms with Crippen LogP contribution in [0.4, 0.5) is 0 Å². The van der Waals surface area contributed by atoms with Crippen LogP contribution in [0.5, 0.6) is 0 Å². The topological polar surface area (TPSA) is 43.4 Å². The second-order valence-corrected chi connectivity index (χ2v) is 12.6. The molecule has 1 atom stereocenters. The Hall–Kier alpha value is 0.0274. The Balaban J connectivity index is 0. The largest absolute Gasteiger partial charge is 1.00 e. The molecule has 0 aliphatic heterocycles. The van der Waals surface area contributed by atoms with E-state index >= 15 is 0 Å². The summed E-state index contributed by atoms with van der Waals surface area (Å²) >= 11 is 0. The van der Waals surface area contributed by atoms with E-state index in [1.165, 1.54) is 180 Å². The molecule has 0 aromatic rings. The average Bonchev–Trinajstić information content (AvgIpc) is 2.92. The number of carbonyl (C=O) groups is 1. The van der Waals surface area contributed by atoms with Crippen LogP contribution in [0.1, 0.15) is 207 Å². The van der Waals surface area contributed by atoms with Gasteiger partial charge in [0.25, 0.3) is 0 Å². The Labute approximate surface area is 265 Å². The van der Waals surface area contributed by atoms with Gasteiger partial charge in [-0.1, -0.05) is 168 Å². The summed E-state index contributed by atoms with van der Waals surface area (Å²) in [4.78, 5) is 13.5. The number of rotatable bonds is 33. The molecule has 0 aliphatic carbocycles. The fraction of sp³-hybridized carbons (Fsp3) is 0.972. The van der Waals surface area contributed by atoms with Crippen LogP contribution in [0.15, 0.2) is 0 Å². The van der Waals surface area contributed by atoms with Gasteiger partial charge in [-0.15, -0.1) is 0 Å². The molecule has 0 N–H and O–H groups in total. The maximum atomic E-state index is 10.8. The molecule has 0 spiro atoms. The molecule has 0 aromatic carbocycles. The summed E-state index contributed by atoms with van der Waals surface area (Å²) in [5.74, 6) is -0.901. The Bertz CT molecular complexity index is 457. The normalized spacial score (nSPS) is 12.1. The van der Waals surface area contributed by atoms with Gasteiger partial charge >= 0.3 is 18.9 Å². The summed E-state index contributed by atoms with van der Waals surface area (Å²) in [5.41, 5.74) is 0. The molecule has 0 bridgehead atoms. The third kappa shape index (κ3) is 32.5. The van der Waals surface area contributed by atoms with Crippen molar-refractivity contribution in [3.8, 4) is 0 Å². The molecule has 0 aromatic heterocycles. The molecular formula is C36H72LiNO2. The summed E-state index contributed by atoms with van der Waals surface area (Å²) in [6, 6.07) is 0.485. The minimum atomic E-state index is -0.901. The van der Waals surface area contributed by atoms with Crippen molar-refractivity contribution in [2.45, 2.75) is 213 Å². The number of hydrogen-bond acceptors (Lipinski definition) is 3. The van der Waals surface area contributed by atoms with E-state index in [0.29, 0.717) is 6.04 Å². The third-order valence-corrected chi connectivity index (χ3v) is 8.72. The van der Waals surface area contributed by atoms with Gasteiger partial charge in [-0.3, -0.25) is 0 Å². The van der Waals surface area contributed by atoms with Gasteiger partial charge in [0.15, 0.2) is 0 Å². The van der Waals surface area contributed by atoms with Crippen LogP contribution in [0.3, 0.4) is 0 Å². The first-order valence-corrected chi connectivity index (χ1v) is 18.1. The van der Waals surface area contributed by atoms with Gasteiger partial charge in [-0.05, 0) is 52.1 Å². The van der Waals surface area contributed by atoms with E-state index in [2.05, 4.69) is 25.7 Å². The molecule has 40 heavy (non-hydrogen) atoms.